The first kappa shape index (κ1) is 24.5. The number of para-hydroxylation sites is 3. The van der Waals surface area contributed by atoms with Crippen LogP contribution in [0.25, 0.3) is 87.1 Å². The number of benzene rings is 5. The van der Waals surface area contributed by atoms with Crippen LogP contribution in [-0.4, -0.2) is 29.1 Å². The van der Waals surface area contributed by atoms with E-state index in [1.54, 1.807) is 11.3 Å². The van der Waals surface area contributed by atoms with E-state index in [0.29, 0.717) is 0 Å². The van der Waals surface area contributed by atoms with Gasteiger partial charge in [-0.15, -0.1) is 11.3 Å². The molecule has 0 bridgehead atoms. The van der Waals surface area contributed by atoms with Crippen LogP contribution in [0.4, 0.5) is 0 Å². The topological polar surface area (TPSA) is 61.4 Å². The molecule has 0 N–H and O–H groups in total. The Labute approximate surface area is 260 Å². The lowest BCUT2D eigenvalue weighted by Crippen LogP contribution is -2.00. The summed E-state index contributed by atoms with van der Waals surface area (Å²) in [6.45, 7) is 0. The molecule has 0 atom stereocenters. The highest BCUT2D eigenvalue weighted by molar-refractivity contribution is 7.21. The van der Waals surface area contributed by atoms with Crippen LogP contribution in [0.15, 0.2) is 134 Å². The molecule has 10 aromatic rings. The monoisotopic (exact) mass is 594 g/mol. The number of hydrogen-bond acceptors (Lipinski definition) is 5. The predicted molar refractivity (Wildman–Crippen MR) is 185 cm³/mol. The molecule has 45 heavy (non-hydrogen) atoms. The van der Waals surface area contributed by atoms with Gasteiger partial charge >= 0.3 is 0 Å². The van der Waals surface area contributed by atoms with Crippen molar-refractivity contribution in [3.05, 3.63) is 134 Å². The fourth-order valence-electron chi connectivity index (χ4n) is 6.74. The smallest absolute Gasteiger partial charge is 0.175 e. The van der Waals surface area contributed by atoms with Crippen molar-refractivity contribution < 1.29 is 0 Å². The van der Waals surface area contributed by atoms with Gasteiger partial charge in [-0.1, -0.05) is 48.5 Å². The summed E-state index contributed by atoms with van der Waals surface area (Å²) in [5.74, 6) is 0.803. The summed E-state index contributed by atoms with van der Waals surface area (Å²) in [5.41, 5.74) is 9.04. The molecule has 6 nitrogen and oxygen atoms in total. The molecule has 0 aliphatic rings. The highest BCUT2D eigenvalue weighted by Crippen LogP contribution is 2.40. The molecule has 5 aromatic carbocycles. The minimum absolute atomic E-state index is 0.803. The van der Waals surface area contributed by atoms with E-state index < -0.39 is 0 Å². The van der Waals surface area contributed by atoms with Crippen molar-refractivity contribution in [2.75, 3.05) is 0 Å². The van der Waals surface area contributed by atoms with Crippen LogP contribution in [0.5, 0.6) is 0 Å². The van der Waals surface area contributed by atoms with Gasteiger partial charge in [-0.3, -0.25) is 14.5 Å². The van der Waals surface area contributed by atoms with Gasteiger partial charge in [0.2, 0.25) is 0 Å². The molecule has 0 saturated carbocycles. The van der Waals surface area contributed by atoms with Crippen LogP contribution >= 0.6 is 11.3 Å². The van der Waals surface area contributed by atoms with Crippen molar-refractivity contribution in [3.63, 3.8) is 0 Å². The first-order valence-electron chi connectivity index (χ1n) is 14.8. The van der Waals surface area contributed by atoms with E-state index in [1.807, 2.05) is 30.6 Å². The van der Waals surface area contributed by atoms with E-state index in [1.165, 1.54) is 21.8 Å². The summed E-state index contributed by atoms with van der Waals surface area (Å²) in [5, 5.41) is 5.34. The number of thiazole rings is 1. The van der Waals surface area contributed by atoms with E-state index in [4.69, 9.17) is 19.9 Å². The molecule has 0 unspecified atom stereocenters. The summed E-state index contributed by atoms with van der Waals surface area (Å²) < 4.78 is 5.72. The van der Waals surface area contributed by atoms with Crippen LogP contribution in [0.1, 0.15) is 0 Å². The van der Waals surface area contributed by atoms with E-state index in [2.05, 4.69) is 112 Å². The molecule has 210 valence electrons. The number of pyridine rings is 2. The molecule has 5 heterocycles. The molecule has 10 rings (SSSR count). The maximum atomic E-state index is 5.32. The van der Waals surface area contributed by atoms with Gasteiger partial charge in [0.05, 0.1) is 43.3 Å². The second kappa shape index (κ2) is 9.29. The maximum absolute atomic E-state index is 5.32. The highest BCUT2D eigenvalue weighted by atomic mass is 32.1. The second-order valence-electron chi connectivity index (χ2n) is 11.1. The Hall–Kier alpha value is -5.92. The number of fused-ring (bicyclic) bond motifs is 10. The zero-order chi connectivity index (χ0) is 29.5. The molecule has 0 spiro atoms. The lowest BCUT2D eigenvalue weighted by Gasteiger charge is -2.13. The van der Waals surface area contributed by atoms with Gasteiger partial charge in [0.15, 0.2) is 10.8 Å². The Balaban J connectivity index is 1.28. The molecule has 7 heteroatoms. The Bertz CT molecular complexity index is 2680. The van der Waals surface area contributed by atoms with Gasteiger partial charge < -0.3 is 4.57 Å². The van der Waals surface area contributed by atoms with Gasteiger partial charge in [0.1, 0.15) is 0 Å². The van der Waals surface area contributed by atoms with E-state index >= 15 is 0 Å². The first-order valence-corrected chi connectivity index (χ1v) is 15.6. The molecule has 5 aromatic heterocycles. The Kier molecular flexibility index (Phi) is 5.06. The molecule has 0 amide bonds. The van der Waals surface area contributed by atoms with Crippen molar-refractivity contribution >= 4 is 76.2 Å². The minimum atomic E-state index is 0.803. The fraction of sp³-hybridized carbons (Fsp3) is 0. The molecule has 0 fully saturated rings. The SMILES string of the molecule is c1ccc2sc(-c3nc4c5cccnc5c5ncccc5c4n3-c3ccc(-n4c5ccccc5c5ccccc54)cc3)nc2c1. The Morgan fingerprint density at radius 2 is 1.04 bits per heavy atom. The van der Waals surface area contributed by atoms with Gasteiger partial charge in [0.25, 0.3) is 0 Å². The van der Waals surface area contributed by atoms with Crippen molar-refractivity contribution in [2.24, 2.45) is 0 Å². The lowest BCUT2D eigenvalue weighted by atomic mass is 10.1. The van der Waals surface area contributed by atoms with Gasteiger partial charge in [-0.25, -0.2) is 9.97 Å². The molecule has 0 aliphatic carbocycles. The normalized spacial score (nSPS) is 12.0. The van der Waals surface area contributed by atoms with E-state index in [9.17, 15) is 0 Å². The first-order chi connectivity index (χ1) is 22.3. The fourth-order valence-corrected chi connectivity index (χ4v) is 7.69. The average Bonchev–Trinajstić information content (AvgIpc) is 3.81. The number of imidazole rings is 1. The van der Waals surface area contributed by atoms with Crippen molar-refractivity contribution in [1.29, 1.82) is 0 Å². The molecule has 0 saturated heterocycles. The third-order valence-electron chi connectivity index (χ3n) is 8.66. The number of nitrogens with zero attached hydrogens (tertiary/aromatic N) is 6. The van der Waals surface area contributed by atoms with E-state index in [0.717, 1.165) is 65.3 Å². The van der Waals surface area contributed by atoms with Crippen LogP contribution in [0.3, 0.4) is 0 Å². The van der Waals surface area contributed by atoms with Crippen molar-refractivity contribution in [1.82, 2.24) is 29.1 Å². The Morgan fingerprint density at radius 3 is 1.76 bits per heavy atom. The molecular weight excluding hydrogens is 573 g/mol. The number of hydrogen-bond donors (Lipinski definition) is 0. The number of rotatable bonds is 3. The average molecular weight is 595 g/mol. The Morgan fingerprint density at radius 1 is 0.467 bits per heavy atom. The summed E-state index contributed by atoms with van der Waals surface area (Å²) in [7, 11) is 0. The number of aromatic nitrogens is 6. The molecule has 0 aliphatic heterocycles. The van der Waals surface area contributed by atoms with E-state index in [-0.39, 0.29) is 0 Å². The summed E-state index contributed by atoms with van der Waals surface area (Å²) in [6.07, 6.45) is 3.65. The third-order valence-corrected chi connectivity index (χ3v) is 9.69. The molecular formula is C38H22N6S. The summed E-state index contributed by atoms with van der Waals surface area (Å²) >= 11 is 1.66. The summed E-state index contributed by atoms with van der Waals surface area (Å²) in [6, 6.07) is 42.4. The van der Waals surface area contributed by atoms with Crippen LogP contribution in [-0.2, 0) is 0 Å². The zero-order valence-electron chi connectivity index (χ0n) is 23.8. The third kappa shape index (κ3) is 3.50. The minimum Gasteiger partial charge on any atom is -0.309 e. The van der Waals surface area contributed by atoms with Crippen LogP contribution < -0.4 is 0 Å². The largest absolute Gasteiger partial charge is 0.309 e. The van der Waals surface area contributed by atoms with Crippen LogP contribution in [0, 0.1) is 0 Å². The van der Waals surface area contributed by atoms with Crippen LogP contribution in [0.2, 0.25) is 0 Å². The van der Waals surface area contributed by atoms with Gasteiger partial charge in [-0.05, 0) is 72.8 Å². The zero-order valence-corrected chi connectivity index (χ0v) is 24.6. The maximum Gasteiger partial charge on any atom is 0.175 e. The highest BCUT2D eigenvalue weighted by Gasteiger charge is 2.23. The predicted octanol–water partition coefficient (Wildman–Crippen LogP) is 9.50. The van der Waals surface area contributed by atoms with Gasteiger partial charge in [-0.2, -0.15) is 0 Å². The standard InChI is InChI=1S/C38H22N6S/c1-4-14-30-25(9-1)26-10-2-5-15-31(26)43(30)23-17-19-24(20-18-23)44-36-28-12-8-22-40-34(28)33-27(11-7-21-39-33)35(36)42-37(44)38-41-29-13-3-6-16-32(29)45-38/h1-22H. The van der Waals surface area contributed by atoms with Gasteiger partial charge in [0, 0.05) is 45.3 Å². The van der Waals surface area contributed by atoms with Crippen molar-refractivity contribution in [2.45, 2.75) is 0 Å². The van der Waals surface area contributed by atoms with Crippen molar-refractivity contribution in [3.8, 4) is 22.2 Å². The second-order valence-corrected chi connectivity index (χ2v) is 12.2. The molecule has 0 radical (unpaired) electrons. The lowest BCUT2D eigenvalue weighted by molar-refractivity contribution is 1.09. The summed E-state index contributed by atoms with van der Waals surface area (Å²) in [4.78, 5) is 19.9. The quantitative estimate of drug-likeness (QED) is 0.191.